The molecule has 0 saturated carbocycles. The van der Waals surface area contributed by atoms with Crippen LogP contribution in [-0.4, -0.2) is 12.2 Å². The molecule has 3 nitrogen and oxygen atoms in total. The lowest BCUT2D eigenvalue weighted by molar-refractivity contribution is 0.412. The van der Waals surface area contributed by atoms with Crippen molar-refractivity contribution in [2.75, 3.05) is 7.11 Å². The van der Waals surface area contributed by atoms with E-state index < -0.39 is 0 Å². The molecule has 0 heterocycles. The van der Waals surface area contributed by atoms with Crippen molar-refractivity contribution in [3.63, 3.8) is 0 Å². The van der Waals surface area contributed by atoms with E-state index in [9.17, 15) is 10.4 Å². The van der Waals surface area contributed by atoms with E-state index in [0.717, 1.165) is 5.56 Å². The second-order valence-electron chi connectivity index (χ2n) is 4.10. The highest BCUT2D eigenvalue weighted by Crippen LogP contribution is 2.27. The van der Waals surface area contributed by atoms with Gasteiger partial charge in [-0.05, 0) is 42.0 Å². The van der Waals surface area contributed by atoms with Crippen LogP contribution >= 0.6 is 11.6 Å². The van der Waals surface area contributed by atoms with Gasteiger partial charge in [0.1, 0.15) is 11.5 Å². The molecule has 20 heavy (non-hydrogen) atoms. The summed E-state index contributed by atoms with van der Waals surface area (Å²) in [6.45, 7) is 0. The van der Waals surface area contributed by atoms with Crippen molar-refractivity contribution < 1.29 is 9.84 Å². The van der Waals surface area contributed by atoms with E-state index in [1.165, 1.54) is 6.07 Å². The molecule has 100 valence electrons. The first-order valence-corrected chi connectivity index (χ1v) is 6.26. The number of hydrogen-bond donors (Lipinski definition) is 1. The molecule has 0 spiro atoms. The van der Waals surface area contributed by atoms with Gasteiger partial charge < -0.3 is 9.84 Å². The number of hydrogen-bond acceptors (Lipinski definition) is 3. The average Bonchev–Trinajstić information content (AvgIpc) is 2.47. The second kappa shape index (κ2) is 6.14. The van der Waals surface area contributed by atoms with Gasteiger partial charge in [0.15, 0.2) is 0 Å². The summed E-state index contributed by atoms with van der Waals surface area (Å²) < 4.78 is 5.11. The third kappa shape index (κ3) is 3.11. The van der Waals surface area contributed by atoms with Crippen molar-refractivity contribution in [2.45, 2.75) is 0 Å². The lowest BCUT2D eigenvalue weighted by atomic mass is 10.0. The third-order valence-corrected chi connectivity index (χ3v) is 3.06. The molecule has 0 radical (unpaired) electrons. The van der Waals surface area contributed by atoms with Crippen LogP contribution in [0.4, 0.5) is 0 Å². The van der Waals surface area contributed by atoms with Gasteiger partial charge >= 0.3 is 0 Å². The van der Waals surface area contributed by atoms with Crippen LogP contribution in [0.2, 0.25) is 5.02 Å². The minimum Gasteiger partial charge on any atom is -0.507 e. The monoisotopic (exact) mass is 285 g/mol. The Kier molecular flexibility index (Phi) is 4.29. The number of methoxy groups -OCH3 is 1. The summed E-state index contributed by atoms with van der Waals surface area (Å²) >= 11 is 5.83. The normalized spacial score (nSPS) is 10.9. The van der Waals surface area contributed by atoms with Crippen molar-refractivity contribution in [1.29, 1.82) is 5.26 Å². The molecule has 2 rings (SSSR count). The van der Waals surface area contributed by atoms with Crippen molar-refractivity contribution >= 4 is 23.3 Å². The van der Waals surface area contributed by atoms with Gasteiger partial charge in [0.25, 0.3) is 0 Å². The number of ether oxygens (including phenoxy) is 1. The van der Waals surface area contributed by atoms with Gasteiger partial charge in [-0.1, -0.05) is 23.7 Å². The fraction of sp³-hybridized carbons (Fsp3) is 0.0625. The summed E-state index contributed by atoms with van der Waals surface area (Å²) in [6, 6.07) is 13.9. The summed E-state index contributed by atoms with van der Waals surface area (Å²) in [4.78, 5) is 0. The lowest BCUT2D eigenvalue weighted by Crippen LogP contribution is -1.86. The molecule has 0 atom stereocenters. The molecule has 0 bridgehead atoms. The SMILES string of the molecule is COc1ccc(O)c(/C=C(/C#N)c2ccc(Cl)cc2)c1. The fourth-order valence-corrected chi connectivity index (χ4v) is 1.87. The van der Waals surface area contributed by atoms with Crippen molar-refractivity contribution in [3.05, 3.63) is 58.6 Å². The van der Waals surface area contributed by atoms with E-state index in [1.807, 2.05) is 0 Å². The predicted octanol–water partition coefficient (Wildman–Crippen LogP) is 4.12. The topological polar surface area (TPSA) is 53.2 Å². The summed E-state index contributed by atoms with van der Waals surface area (Å²) in [5, 5.41) is 19.7. The lowest BCUT2D eigenvalue weighted by Gasteiger charge is -2.05. The number of benzene rings is 2. The summed E-state index contributed by atoms with van der Waals surface area (Å²) in [6.07, 6.45) is 1.61. The Labute approximate surface area is 122 Å². The molecule has 0 aliphatic carbocycles. The maximum Gasteiger partial charge on any atom is 0.123 e. The Morgan fingerprint density at radius 2 is 1.95 bits per heavy atom. The minimum atomic E-state index is 0.0903. The van der Waals surface area contributed by atoms with Gasteiger partial charge in [0.2, 0.25) is 0 Å². The number of phenols is 1. The van der Waals surface area contributed by atoms with Crippen LogP contribution in [0.1, 0.15) is 11.1 Å². The smallest absolute Gasteiger partial charge is 0.123 e. The number of phenolic OH excluding ortho intramolecular Hbond substituents is 1. The molecule has 0 aromatic heterocycles. The predicted molar refractivity (Wildman–Crippen MR) is 79.6 cm³/mol. The number of allylic oxidation sites excluding steroid dienone is 1. The van der Waals surface area contributed by atoms with E-state index >= 15 is 0 Å². The molecule has 2 aromatic rings. The number of nitrogens with zero attached hydrogens (tertiary/aromatic N) is 1. The molecule has 4 heteroatoms. The maximum absolute atomic E-state index is 9.84. The van der Waals surface area contributed by atoms with Gasteiger partial charge in [0.05, 0.1) is 18.8 Å². The van der Waals surface area contributed by atoms with E-state index in [-0.39, 0.29) is 5.75 Å². The van der Waals surface area contributed by atoms with Crippen LogP contribution in [0.25, 0.3) is 11.6 Å². The van der Waals surface area contributed by atoms with Gasteiger partial charge in [-0.15, -0.1) is 0 Å². The molecule has 1 N–H and O–H groups in total. The van der Waals surface area contributed by atoms with Gasteiger partial charge in [-0.2, -0.15) is 5.26 Å². The summed E-state index contributed by atoms with van der Waals surface area (Å²) in [7, 11) is 1.55. The molecule has 0 fully saturated rings. The Bertz CT molecular complexity index is 685. The highest BCUT2D eigenvalue weighted by Gasteiger charge is 2.05. The van der Waals surface area contributed by atoms with E-state index in [1.54, 1.807) is 49.6 Å². The second-order valence-corrected chi connectivity index (χ2v) is 4.54. The molecule has 2 aromatic carbocycles. The highest BCUT2D eigenvalue weighted by atomic mass is 35.5. The van der Waals surface area contributed by atoms with Crippen LogP contribution in [0.5, 0.6) is 11.5 Å². The van der Waals surface area contributed by atoms with Crippen molar-refractivity contribution in [1.82, 2.24) is 0 Å². The first-order valence-electron chi connectivity index (χ1n) is 5.89. The van der Waals surface area contributed by atoms with E-state index in [2.05, 4.69) is 6.07 Å². The number of nitriles is 1. The van der Waals surface area contributed by atoms with Crippen LogP contribution in [-0.2, 0) is 0 Å². The zero-order chi connectivity index (χ0) is 14.5. The van der Waals surface area contributed by atoms with Crippen LogP contribution in [0.3, 0.4) is 0 Å². The quantitative estimate of drug-likeness (QED) is 0.682. The first kappa shape index (κ1) is 14.0. The Morgan fingerprint density at radius 1 is 1.25 bits per heavy atom. The third-order valence-electron chi connectivity index (χ3n) is 2.81. The number of halogens is 1. The van der Waals surface area contributed by atoms with Gasteiger partial charge in [0, 0.05) is 10.6 Å². The Balaban J connectivity index is 2.46. The highest BCUT2D eigenvalue weighted by molar-refractivity contribution is 6.30. The van der Waals surface area contributed by atoms with Crippen LogP contribution < -0.4 is 4.74 Å². The number of rotatable bonds is 3. The standard InChI is InChI=1S/C16H12ClNO2/c1-20-15-6-7-16(19)12(9-15)8-13(10-18)11-2-4-14(17)5-3-11/h2-9,19H,1H3/b13-8-. The van der Waals surface area contributed by atoms with E-state index in [4.69, 9.17) is 16.3 Å². The molecule has 0 aliphatic rings. The minimum absolute atomic E-state index is 0.0903. The first-order chi connectivity index (χ1) is 9.63. The molecule has 0 amide bonds. The van der Waals surface area contributed by atoms with Crippen LogP contribution in [0.15, 0.2) is 42.5 Å². The zero-order valence-electron chi connectivity index (χ0n) is 10.8. The summed E-state index contributed by atoms with van der Waals surface area (Å²) in [5.74, 6) is 0.704. The Morgan fingerprint density at radius 3 is 2.55 bits per heavy atom. The Hall–Kier alpha value is -2.44. The van der Waals surface area contributed by atoms with Crippen molar-refractivity contribution in [2.24, 2.45) is 0 Å². The maximum atomic E-state index is 9.84. The molecular formula is C16H12ClNO2. The zero-order valence-corrected chi connectivity index (χ0v) is 11.6. The number of aromatic hydroxyl groups is 1. The van der Waals surface area contributed by atoms with Crippen molar-refractivity contribution in [3.8, 4) is 17.6 Å². The molecular weight excluding hydrogens is 274 g/mol. The molecule has 0 aliphatic heterocycles. The van der Waals surface area contributed by atoms with Crippen LogP contribution in [0, 0.1) is 11.3 Å². The van der Waals surface area contributed by atoms with E-state index in [0.29, 0.717) is 21.9 Å². The average molecular weight is 286 g/mol. The largest absolute Gasteiger partial charge is 0.507 e. The van der Waals surface area contributed by atoms with Gasteiger partial charge in [-0.25, -0.2) is 0 Å². The molecule has 0 unspecified atom stereocenters. The van der Waals surface area contributed by atoms with Gasteiger partial charge in [-0.3, -0.25) is 0 Å². The summed E-state index contributed by atoms with van der Waals surface area (Å²) in [5.41, 5.74) is 1.69. The fourth-order valence-electron chi connectivity index (χ4n) is 1.74. The molecule has 0 saturated heterocycles.